The maximum absolute atomic E-state index is 5.74. The summed E-state index contributed by atoms with van der Waals surface area (Å²) in [6, 6.07) is 8.03. The minimum absolute atomic E-state index is 0.539. The van der Waals surface area contributed by atoms with E-state index in [1.165, 1.54) is 0 Å². The molecule has 82 valence electrons. The molecule has 0 amide bonds. The van der Waals surface area contributed by atoms with Crippen LogP contribution in [0.15, 0.2) is 34.9 Å². The molecule has 0 aliphatic heterocycles. The van der Waals surface area contributed by atoms with Gasteiger partial charge in [-0.15, -0.1) is 0 Å². The zero-order valence-corrected chi connectivity index (χ0v) is 12.1. The van der Waals surface area contributed by atoms with E-state index in [4.69, 9.17) is 5.73 Å². The number of aromatic nitrogens is 2. The number of hydrogen-bond donors (Lipinski definition) is 1. The topological polar surface area (TPSA) is 51.8 Å². The Labute approximate surface area is 116 Å². The molecule has 1 aromatic heterocycles. The van der Waals surface area contributed by atoms with Crippen molar-refractivity contribution in [1.29, 1.82) is 0 Å². The Morgan fingerprint density at radius 1 is 1.31 bits per heavy atom. The van der Waals surface area contributed by atoms with Crippen LogP contribution >= 0.6 is 38.5 Å². The van der Waals surface area contributed by atoms with Gasteiger partial charge in [0.05, 0.1) is 3.57 Å². The van der Waals surface area contributed by atoms with E-state index in [2.05, 4.69) is 48.5 Å². The molecule has 3 nitrogen and oxygen atoms in total. The number of anilines is 1. The number of hydrogen-bond acceptors (Lipinski definition) is 3. The molecule has 1 heterocycles. The first-order valence-electron chi connectivity index (χ1n) is 4.67. The maximum Gasteiger partial charge on any atom is 0.140 e. The third-order valence-corrected chi connectivity index (χ3v) is 3.73. The largest absolute Gasteiger partial charge is 0.383 e. The minimum atomic E-state index is 0.539. The zero-order valence-electron chi connectivity index (χ0n) is 8.32. The van der Waals surface area contributed by atoms with Crippen LogP contribution in [0.25, 0.3) is 0 Å². The summed E-state index contributed by atoms with van der Waals surface area (Å²) in [5, 5.41) is 0. The quantitative estimate of drug-likeness (QED) is 0.803. The molecule has 0 bridgehead atoms. The molecule has 2 rings (SSSR count). The molecule has 1 aromatic carbocycles. The highest BCUT2D eigenvalue weighted by Gasteiger charge is 2.05. The number of halogens is 2. The van der Waals surface area contributed by atoms with Crippen molar-refractivity contribution in [1.82, 2.24) is 9.97 Å². The van der Waals surface area contributed by atoms with Crippen molar-refractivity contribution in [2.75, 3.05) is 5.73 Å². The Kier molecular flexibility index (Phi) is 3.75. The molecule has 0 spiro atoms. The second kappa shape index (κ2) is 5.09. The standard InChI is InChI=1S/C11H9BrIN3/c12-8-4-2-1-3-7(8)5-10-15-6-9(13)11(14)16-10/h1-4,6H,5H2,(H2,14,15,16). The van der Waals surface area contributed by atoms with Gasteiger partial charge in [0, 0.05) is 17.1 Å². The lowest BCUT2D eigenvalue weighted by molar-refractivity contribution is 0.964. The van der Waals surface area contributed by atoms with Crippen molar-refractivity contribution in [3.63, 3.8) is 0 Å². The molecular formula is C11H9BrIN3. The summed E-state index contributed by atoms with van der Waals surface area (Å²) in [5.41, 5.74) is 6.90. The first-order chi connectivity index (χ1) is 7.66. The fourth-order valence-electron chi connectivity index (χ4n) is 1.32. The van der Waals surface area contributed by atoms with Gasteiger partial charge in [0.1, 0.15) is 11.6 Å². The van der Waals surface area contributed by atoms with Crippen LogP contribution in [0.2, 0.25) is 0 Å². The van der Waals surface area contributed by atoms with Crippen molar-refractivity contribution in [3.05, 3.63) is 49.9 Å². The van der Waals surface area contributed by atoms with Crippen LogP contribution in [-0.4, -0.2) is 9.97 Å². The molecule has 5 heteroatoms. The molecule has 2 N–H and O–H groups in total. The zero-order chi connectivity index (χ0) is 11.5. The van der Waals surface area contributed by atoms with Gasteiger partial charge in [-0.1, -0.05) is 34.1 Å². The summed E-state index contributed by atoms with van der Waals surface area (Å²) in [6.45, 7) is 0. The molecule has 0 radical (unpaired) electrons. The third kappa shape index (κ3) is 2.70. The van der Waals surface area contributed by atoms with Crippen molar-refractivity contribution in [2.24, 2.45) is 0 Å². The number of nitrogen functional groups attached to an aromatic ring is 1. The molecule has 0 aliphatic rings. The monoisotopic (exact) mass is 389 g/mol. The minimum Gasteiger partial charge on any atom is -0.383 e. The van der Waals surface area contributed by atoms with Gasteiger partial charge < -0.3 is 5.73 Å². The fourth-order valence-corrected chi connectivity index (χ4v) is 2.00. The smallest absolute Gasteiger partial charge is 0.140 e. The molecule has 0 fully saturated rings. The van der Waals surface area contributed by atoms with Crippen LogP contribution in [-0.2, 0) is 6.42 Å². The van der Waals surface area contributed by atoms with Gasteiger partial charge in [-0.05, 0) is 34.2 Å². The Hall–Kier alpha value is -0.690. The first-order valence-corrected chi connectivity index (χ1v) is 6.54. The van der Waals surface area contributed by atoms with Gasteiger partial charge in [0.15, 0.2) is 0 Å². The average Bonchev–Trinajstić information content (AvgIpc) is 2.27. The molecule has 0 atom stereocenters. The van der Waals surface area contributed by atoms with Gasteiger partial charge in [-0.25, -0.2) is 9.97 Å². The summed E-state index contributed by atoms with van der Waals surface area (Å²) in [5.74, 6) is 1.28. The summed E-state index contributed by atoms with van der Waals surface area (Å²) >= 11 is 5.62. The SMILES string of the molecule is Nc1nc(Cc2ccccc2Br)ncc1I. The first kappa shape index (κ1) is 11.8. The van der Waals surface area contributed by atoms with Crippen LogP contribution in [0.4, 0.5) is 5.82 Å². The maximum atomic E-state index is 5.74. The summed E-state index contributed by atoms with van der Waals surface area (Å²) in [7, 11) is 0. The van der Waals surface area contributed by atoms with Crippen LogP contribution in [0.5, 0.6) is 0 Å². The predicted molar refractivity (Wildman–Crippen MR) is 76.1 cm³/mol. The molecule has 0 aliphatic carbocycles. The molecule has 0 saturated carbocycles. The third-order valence-electron chi connectivity index (χ3n) is 2.13. The average molecular weight is 390 g/mol. The van der Waals surface area contributed by atoms with Crippen molar-refractivity contribution in [3.8, 4) is 0 Å². The van der Waals surface area contributed by atoms with Gasteiger partial charge in [0.25, 0.3) is 0 Å². The molecule has 0 saturated heterocycles. The van der Waals surface area contributed by atoms with E-state index in [9.17, 15) is 0 Å². The Balaban J connectivity index is 2.28. The van der Waals surface area contributed by atoms with E-state index in [-0.39, 0.29) is 0 Å². The van der Waals surface area contributed by atoms with E-state index >= 15 is 0 Å². The highest BCUT2D eigenvalue weighted by Crippen LogP contribution is 2.19. The van der Waals surface area contributed by atoms with Crippen molar-refractivity contribution >= 4 is 44.3 Å². The van der Waals surface area contributed by atoms with Gasteiger partial charge >= 0.3 is 0 Å². The number of benzene rings is 1. The summed E-state index contributed by atoms with van der Waals surface area (Å²) < 4.78 is 1.95. The van der Waals surface area contributed by atoms with E-state index in [0.29, 0.717) is 12.2 Å². The fraction of sp³-hybridized carbons (Fsp3) is 0.0909. The van der Waals surface area contributed by atoms with E-state index in [1.807, 2.05) is 24.3 Å². The number of nitrogens with two attached hydrogens (primary N) is 1. The molecule has 16 heavy (non-hydrogen) atoms. The Morgan fingerprint density at radius 2 is 2.06 bits per heavy atom. The lowest BCUT2D eigenvalue weighted by atomic mass is 10.1. The second-order valence-corrected chi connectivity index (χ2v) is 5.30. The lowest BCUT2D eigenvalue weighted by Gasteiger charge is -2.04. The van der Waals surface area contributed by atoms with E-state index < -0.39 is 0 Å². The normalized spacial score (nSPS) is 10.4. The van der Waals surface area contributed by atoms with Crippen molar-refractivity contribution < 1.29 is 0 Å². The van der Waals surface area contributed by atoms with E-state index in [1.54, 1.807) is 6.20 Å². The Bertz CT molecular complexity index is 516. The molecular weight excluding hydrogens is 381 g/mol. The second-order valence-electron chi connectivity index (χ2n) is 3.29. The predicted octanol–water partition coefficient (Wildman–Crippen LogP) is 3.02. The van der Waals surface area contributed by atoms with Gasteiger partial charge in [0.2, 0.25) is 0 Å². The van der Waals surface area contributed by atoms with Gasteiger partial charge in [-0.3, -0.25) is 0 Å². The highest BCUT2D eigenvalue weighted by molar-refractivity contribution is 14.1. The summed E-state index contributed by atoms with van der Waals surface area (Å²) in [6.07, 6.45) is 2.43. The molecule has 2 aromatic rings. The van der Waals surface area contributed by atoms with Crippen LogP contribution in [0, 0.1) is 3.57 Å². The van der Waals surface area contributed by atoms with Crippen LogP contribution in [0.3, 0.4) is 0 Å². The van der Waals surface area contributed by atoms with E-state index in [0.717, 1.165) is 19.4 Å². The molecule has 0 unspecified atom stereocenters. The number of nitrogens with zero attached hydrogens (tertiary/aromatic N) is 2. The van der Waals surface area contributed by atoms with Gasteiger partial charge in [-0.2, -0.15) is 0 Å². The lowest BCUT2D eigenvalue weighted by Crippen LogP contribution is -2.02. The van der Waals surface area contributed by atoms with Crippen LogP contribution < -0.4 is 5.73 Å². The van der Waals surface area contributed by atoms with Crippen molar-refractivity contribution in [2.45, 2.75) is 6.42 Å². The summed E-state index contributed by atoms with van der Waals surface area (Å²) in [4.78, 5) is 8.50. The highest BCUT2D eigenvalue weighted by atomic mass is 127. The van der Waals surface area contributed by atoms with Crippen LogP contribution in [0.1, 0.15) is 11.4 Å². The number of rotatable bonds is 2. The Morgan fingerprint density at radius 3 is 2.75 bits per heavy atom.